The first-order chi connectivity index (χ1) is 30.0. The highest BCUT2D eigenvalue weighted by Crippen LogP contribution is 2.53. The number of aromatic nitrogens is 1. The van der Waals surface area contributed by atoms with Crippen molar-refractivity contribution in [2.24, 2.45) is 0 Å². The van der Waals surface area contributed by atoms with Crippen molar-refractivity contribution >= 4 is 126 Å². The Bertz CT molecular complexity index is 3960. The van der Waals surface area contributed by atoms with Crippen molar-refractivity contribution in [2.75, 3.05) is 4.81 Å². The fourth-order valence-electron chi connectivity index (χ4n) is 11.1. The van der Waals surface area contributed by atoms with Crippen LogP contribution in [0, 0.1) is 0 Å². The number of para-hydroxylation sites is 2. The van der Waals surface area contributed by atoms with E-state index in [1.165, 1.54) is 80.7 Å². The molecule has 0 spiro atoms. The van der Waals surface area contributed by atoms with Crippen LogP contribution >= 0.6 is 11.3 Å². The van der Waals surface area contributed by atoms with Gasteiger partial charge in [-0.05, 0) is 105 Å². The Morgan fingerprint density at radius 1 is 0.516 bits per heavy atom. The molecule has 0 saturated heterocycles. The van der Waals surface area contributed by atoms with E-state index in [1.807, 2.05) is 11.3 Å². The van der Waals surface area contributed by atoms with E-state index in [0.717, 1.165) is 55.4 Å². The van der Waals surface area contributed by atoms with Crippen LogP contribution in [-0.4, -0.2) is 11.4 Å². The minimum absolute atomic E-state index is 0.0178. The molecule has 8 aromatic carbocycles. The molecule has 0 bridgehead atoms. The average Bonchev–Trinajstić information content (AvgIpc) is 4.02. The molecule has 0 radical (unpaired) electrons. The van der Waals surface area contributed by atoms with E-state index in [-0.39, 0.29) is 17.7 Å². The number of benzene rings is 8. The van der Waals surface area contributed by atoms with Crippen molar-refractivity contribution in [3.8, 4) is 16.8 Å². The number of nitrogens with zero attached hydrogens (tertiary/aromatic N) is 2. The van der Waals surface area contributed by atoms with Gasteiger partial charge < -0.3 is 18.2 Å². The lowest BCUT2D eigenvalue weighted by molar-refractivity contribution is 0.590. The van der Waals surface area contributed by atoms with Crippen molar-refractivity contribution in [3.63, 3.8) is 0 Å². The maximum Gasteiger partial charge on any atom is 0.333 e. The highest BCUT2D eigenvalue weighted by molar-refractivity contribution is 7.26. The van der Waals surface area contributed by atoms with E-state index in [4.69, 9.17) is 8.83 Å². The number of thiophene rings is 1. The van der Waals surface area contributed by atoms with Gasteiger partial charge in [-0.2, -0.15) is 0 Å². The van der Waals surface area contributed by atoms with Gasteiger partial charge in [0, 0.05) is 69.7 Å². The van der Waals surface area contributed by atoms with Crippen LogP contribution in [0.2, 0.25) is 0 Å². The Kier molecular flexibility index (Phi) is 6.52. The summed E-state index contributed by atoms with van der Waals surface area (Å²) in [7, 11) is 0. The second-order valence-corrected chi connectivity index (χ2v) is 20.8. The Hall–Kier alpha value is -6.76. The molecule has 4 aromatic heterocycles. The first kappa shape index (κ1) is 34.9. The Balaban J connectivity index is 1.24. The normalized spacial score (nSPS) is 13.9. The standard InChI is InChI=1S/C56H41BN2O2S/c1-55(2,3)30-19-22-32(23-20-30)59-42-26-36-33-13-7-10-16-44(33)60-46(36)28-39(42)49-50-35-15-8-11-17-45(35)61-54(50)51-38-25-31(56(4,5)6)21-24-41(38)58-43-27-37-34-14-9-12-18-47(34)62-48(37)29-40(43)57(59)52(49)53(51)58/h7-29H,1-6H3. The molecule has 2 aliphatic rings. The molecule has 62 heavy (non-hydrogen) atoms. The van der Waals surface area contributed by atoms with Crippen LogP contribution in [0.1, 0.15) is 52.7 Å². The molecule has 14 rings (SSSR count). The monoisotopic (exact) mass is 816 g/mol. The summed E-state index contributed by atoms with van der Waals surface area (Å²) in [5, 5.41) is 9.54. The molecule has 4 nitrogen and oxygen atoms in total. The largest absolute Gasteiger partial charge is 0.456 e. The van der Waals surface area contributed by atoms with E-state index in [2.05, 4.69) is 190 Å². The van der Waals surface area contributed by atoms with E-state index < -0.39 is 0 Å². The van der Waals surface area contributed by atoms with Crippen molar-refractivity contribution < 1.29 is 8.83 Å². The van der Waals surface area contributed by atoms with Crippen LogP contribution in [0.5, 0.6) is 0 Å². The highest BCUT2D eigenvalue weighted by atomic mass is 32.1. The van der Waals surface area contributed by atoms with Gasteiger partial charge in [0.1, 0.15) is 22.3 Å². The van der Waals surface area contributed by atoms with Gasteiger partial charge in [0.25, 0.3) is 0 Å². The van der Waals surface area contributed by atoms with Gasteiger partial charge in [0.15, 0.2) is 0 Å². The van der Waals surface area contributed by atoms with E-state index in [9.17, 15) is 0 Å². The summed E-state index contributed by atoms with van der Waals surface area (Å²) in [4.78, 5) is 2.65. The van der Waals surface area contributed by atoms with Gasteiger partial charge in [-0.15, -0.1) is 11.3 Å². The van der Waals surface area contributed by atoms with Crippen molar-refractivity contribution in [2.45, 2.75) is 52.4 Å². The summed E-state index contributed by atoms with van der Waals surface area (Å²) < 4.78 is 19.1. The lowest BCUT2D eigenvalue weighted by Gasteiger charge is -2.42. The maximum absolute atomic E-state index is 7.20. The molecular weight excluding hydrogens is 776 g/mol. The Morgan fingerprint density at radius 2 is 1.19 bits per heavy atom. The van der Waals surface area contributed by atoms with Crippen LogP contribution in [-0.2, 0) is 10.8 Å². The molecule has 6 heteroatoms. The van der Waals surface area contributed by atoms with Gasteiger partial charge in [0.2, 0.25) is 0 Å². The number of hydrogen-bond donors (Lipinski definition) is 0. The predicted molar refractivity (Wildman–Crippen MR) is 265 cm³/mol. The predicted octanol–water partition coefficient (Wildman–Crippen LogP) is 14.8. The van der Waals surface area contributed by atoms with Crippen molar-refractivity contribution in [1.82, 2.24) is 4.57 Å². The number of anilines is 2. The summed E-state index contributed by atoms with van der Waals surface area (Å²) >= 11 is 1.90. The third-order valence-corrected chi connectivity index (χ3v) is 15.2. The zero-order valence-corrected chi connectivity index (χ0v) is 36.3. The Morgan fingerprint density at radius 3 is 1.97 bits per heavy atom. The molecule has 0 amide bonds. The summed E-state index contributed by atoms with van der Waals surface area (Å²) in [6.45, 7) is 13.7. The molecule has 2 aliphatic heterocycles. The van der Waals surface area contributed by atoms with Gasteiger partial charge in [-0.25, -0.2) is 0 Å². The minimum Gasteiger partial charge on any atom is -0.456 e. The number of furan rings is 2. The summed E-state index contributed by atoms with van der Waals surface area (Å²) in [5.74, 6) is 0. The number of hydrogen-bond acceptors (Lipinski definition) is 4. The van der Waals surface area contributed by atoms with Crippen LogP contribution in [0.3, 0.4) is 0 Å². The molecular formula is C56H41BN2O2S. The summed E-state index contributed by atoms with van der Waals surface area (Å²) in [6, 6.07) is 52.3. The molecule has 0 unspecified atom stereocenters. The quantitative estimate of drug-likeness (QED) is 0.155. The van der Waals surface area contributed by atoms with Crippen LogP contribution in [0.25, 0.3) is 103 Å². The lowest BCUT2D eigenvalue weighted by atomic mass is 9.43. The SMILES string of the molecule is CC(C)(C)c1ccc(N2B3c4cc5sc6ccccc6c5cc4-n4c5ccc(C(C)(C)C)cc5c5c6oc7ccccc7c6c(c3c54)-c3cc4oc5ccccc5c4cc32)cc1. The number of rotatable bonds is 1. The van der Waals surface area contributed by atoms with Crippen LogP contribution in [0.4, 0.5) is 11.4 Å². The third kappa shape index (κ3) is 4.42. The second kappa shape index (κ2) is 11.6. The first-order valence-corrected chi connectivity index (χ1v) is 22.6. The summed E-state index contributed by atoms with van der Waals surface area (Å²) in [5.41, 5.74) is 17.2. The van der Waals surface area contributed by atoms with Gasteiger partial charge in [0.05, 0.1) is 16.4 Å². The van der Waals surface area contributed by atoms with E-state index >= 15 is 0 Å². The molecule has 0 N–H and O–H groups in total. The van der Waals surface area contributed by atoms with E-state index in [0.29, 0.717) is 0 Å². The maximum atomic E-state index is 7.20. The van der Waals surface area contributed by atoms with Crippen LogP contribution in [0.15, 0.2) is 148 Å². The van der Waals surface area contributed by atoms with Crippen molar-refractivity contribution in [1.29, 1.82) is 0 Å². The fourth-order valence-corrected chi connectivity index (χ4v) is 12.2. The summed E-state index contributed by atoms with van der Waals surface area (Å²) in [6.07, 6.45) is 0. The van der Waals surface area contributed by atoms with Crippen LogP contribution < -0.4 is 15.7 Å². The molecule has 0 fully saturated rings. The molecule has 0 atom stereocenters. The molecule has 0 saturated carbocycles. The zero-order valence-electron chi connectivity index (χ0n) is 35.5. The smallest absolute Gasteiger partial charge is 0.333 e. The highest BCUT2D eigenvalue weighted by Gasteiger charge is 2.46. The van der Waals surface area contributed by atoms with Crippen molar-refractivity contribution in [3.05, 3.63) is 151 Å². The van der Waals surface area contributed by atoms with Gasteiger partial charge in [-0.1, -0.05) is 114 Å². The first-order valence-electron chi connectivity index (χ1n) is 21.8. The van der Waals surface area contributed by atoms with Gasteiger partial charge >= 0.3 is 6.85 Å². The zero-order chi connectivity index (χ0) is 41.6. The topological polar surface area (TPSA) is 34.5 Å². The average molecular weight is 817 g/mol. The minimum atomic E-state index is -0.155. The molecule has 12 aromatic rings. The molecule has 296 valence electrons. The third-order valence-electron chi connectivity index (χ3n) is 14.1. The molecule has 0 aliphatic carbocycles. The fraction of sp³-hybridized carbons (Fsp3) is 0.143. The van der Waals surface area contributed by atoms with Gasteiger partial charge in [-0.3, -0.25) is 0 Å². The number of fused-ring (bicyclic) bond motifs is 19. The second-order valence-electron chi connectivity index (χ2n) is 19.7. The Labute approximate surface area is 362 Å². The lowest BCUT2D eigenvalue weighted by Crippen LogP contribution is -2.60. The van der Waals surface area contributed by atoms with E-state index in [1.54, 1.807) is 0 Å². The molecule has 6 heterocycles.